The van der Waals surface area contributed by atoms with Crippen LogP contribution in [0.3, 0.4) is 0 Å². The molecule has 0 radical (unpaired) electrons. The number of ether oxygens (including phenoxy) is 1. The SMILES string of the molecule is O=C(NCCC(=O)N1CCCC1)Nc1cc(Oc2ccc3c(ccn3C(=O)O)c2)ccn1. The number of carboxylic acid groups (broad SMARTS) is 1. The molecule has 2 aromatic heterocycles. The number of likely N-dealkylation sites (tertiary alicyclic amines) is 1. The molecule has 0 aliphatic carbocycles. The van der Waals surface area contributed by atoms with Crippen LogP contribution in [0.5, 0.6) is 11.5 Å². The third-order valence-corrected chi connectivity index (χ3v) is 5.16. The zero-order chi connectivity index (χ0) is 22.5. The number of urea groups is 1. The molecule has 10 nitrogen and oxygen atoms in total. The Kier molecular flexibility index (Phi) is 6.20. The maximum Gasteiger partial charge on any atom is 0.415 e. The lowest BCUT2D eigenvalue weighted by atomic mass is 10.2. The molecule has 3 heterocycles. The molecule has 4 rings (SSSR count). The first-order valence-corrected chi connectivity index (χ1v) is 10.3. The van der Waals surface area contributed by atoms with E-state index in [1.165, 1.54) is 12.4 Å². The van der Waals surface area contributed by atoms with Crippen molar-refractivity contribution in [2.24, 2.45) is 0 Å². The maximum absolute atomic E-state index is 12.1. The fraction of sp³-hybridized carbons (Fsp3) is 0.273. The molecule has 3 N–H and O–H groups in total. The second-order valence-electron chi connectivity index (χ2n) is 7.39. The number of nitrogens with one attached hydrogen (secondary N) is 2. The van der Waals surface area contributed by atoms with Gasteiger partial charge in [0.15, 0.2) is 0 Å². The standard InChI is InChI=1S/C22H23N5O5/c28-20(26-10-1-2-11-26)6-9-24-21(29)25-19-14-17(5-8-23-19)32-16-3-4-18-15(13-16)7-12-27(18)22(30)31/h3-5,7-8,12-14H,1-2,6,9-11H2,(H,30,31)(H2,23,24,25,29). The van der Waals surface area contributed by atoms with Crippen LogP contribution >= 0.6 is 0 Å². The summed E-state index contributed by atoms with van der Waals surface area (Å²) in [5, 5.41) is 15.2. The second-order valence-corrected chi connectivity index (χ2v) is 7.39. The highest BCUT2D eigenvalue weighted by Gasteiger charge is 2.17. The molecule has 3 aromatic rings. The van der Waals surface area contributed by atoms with Crippen LogP contribution in [0.2, 0.25) is 0 Å². The van der Waals surface area contributed by atoms with Gasteiger partial charge in [0.2, 0.25) is 5.91 Å². The number of hydrogen-bond acceptors (Lipinski definition) is 5. The summed E-state index contributed by atoms with van der Waals surface area (Å²) >= 11 is 0. The van der Waals surface area contributed by atoms with E-state index in [-0.39, 0.29) is 18.9 Å². The van der Waals surface area contributed by atoms with Gasteiger partial charge in [-0.15, -0.1) is 0 Å². The lowest BCUT2D eigenvalue weighted by Gasteiger charge is -2.15. The summed E-state index contributed by atoms with van der Waals surface area (Å²) in [6.07, 6.45) is 4.25. The second kappa shape index (κ2) is 9.38. The predicted octanol–water partition coefficient (Wildman–Crippen LogP) is 3.49. The van der Waals surface area contributed by atoms with Crippen molar-refractivity contribution >= 4 is 34.8 Å². The van der Waals surface area contributed by atoms with E-state index in [0.717, 1.165) is 35.9 Å². The van der Waals surface area contributed by atoms with Gasteiger partial charge in [0.25, 0.3) is 0 Å². The zero-order valence-corrected chi connectivity index (χ0v) is 17.3. The van der Waals surface area contributed by atoms with Crippen LogP contribution in [0, 0.1) is 0 Å². The number of amides is 3. The van der Waals surface area contributed by atoms with Gasteiger partial charge in [-0.3, -0.25) is 14.7 Å². The number of nitrogens with zero attached hydrogens (tertiary/aromatic N) is 3. The van der Waals surface area contributed by atoms with E-state index < -0.39 is 12.1 Å². The minimum atomic E-state index is -1.06. The summed E-state index contributed by atoms with van der Waals surface area (Å²) in [6.45, 7) is 1.83. The third-order valence-electron chi connectivity index (χ3n) is 5.16. The number of pyridine rings is 1. The largest absolute Gasteiger partial charge is 0.464 e. The highest BCUT2D eigenvalue weighted by atomic mass is 16.5. The molecule has 0 saturated carbocycles. The number of anilines is 1. The average Bonchev–Trinajstić information content (AvgIpc) is 3.44. The van der Waals surface area contributed by atoms with E-state index in [9.17, 15) is 19.5 Å². The first-order valence-electron chi connectivity index (χ1n) is 10.3. The summed E-state index contributed by atoms with van der Waals surface area (Å²) < 4.78 is 6.96. The first kappa shape index (κ1) is 21.2. The van der Waals surface area contributed by atoms with E-state index in [2.05, 4.69) is 15.6 Å². The van der Waals surface area contributed by atoms with Crippen molar-refractivity contribution < 1.29 is 24.2 Å². The molecule has 0 bridgehead atoms. The highest BCUT2D eigenvalue weighted by Crippen LogP contribution is 2.27. The normalized spacial score (nSPS) is 13.2. The number of hydrogen-bond donors (Lipinski definition) is 3. The van der Waals surface area contributed by atoms with Gasteiger partial charge >= 0.3 is 12.1 Å². The fourth-order valence-corrected chi connectivity index (χ4v) is 3.60. The molecule has 0 spiro atoms. The number of carbonyl (C=O) groups is 3. The molecule has 1 fully saturated rings. The lowest BCUT2D eigenvalue weighted by molar-refractivity contribution is -0.129. The Labute approximate surface area is 183 Å². The maximum atomic E-state index is 12.1. The molecule has 1 aromatic carbocycles. The van der Waals surface area contributed by atoms with E-state index in [1.54, 1.807) is 36.4 Å². The summed E-state index contributed by atoms with van der Waals surface area (Å²) in [5.74, 6) is 1.31. The molecule has 32 heavy (non-hydrogen) atoms. The molecule has 1 aliphatic rings. The van der Waals surface area contributed by atoms with E-state index in [4.69, 9.17) is 4.74 Å². The van der Waals surface area contributed by atoms with Crippen molar-refractivity contribution in [1.29, 1.82) is 0 Å². The third kappa shape index (κ3) is 4.97. The van der Waals surface area contributed by atoms with E-state index in [0.29, 0.717) is 22.8 Å². The molecule has 1 aliphatic heterocycles. The lowest BCUT2D eigenvalue weighted by Crippen LogP contribution is -2.34. The van der Waals surface area contributed by atoms with Gasteiger partial charge in [-0.25, -0.2) is 14.6 Å². The number of carbonyl (C=O) groups excluding carboxylic acids is 2. The van der Waals surface area contributed by atoms with Crippen LogP contribution in [0.4, 0.5) is 15.4 Å². The fourth-order valence-electron chi connectivity index (χ4n) is 3.60. The minimum Gasteiger partial charge on any atom is -0.464 e. The smallest absolute Gasteiger partial charge is 0.415 e. The summed E-state index contributed by atoms with van der Waals surface area (Å²) in [6, 6.07) is 9.50. The number of aromatic nitrogens is 2. The van der Waals surface area contributed by atoms with Crippen LogP contribution in [0.15, 0.2) is 48.8 Å². The Morgan fingerprint density at radius 1 is 1.06 bits per heavy atom. The number of benzene rings is 1. The van der Waals surface area contributed by atoms with Gasteiger partial charge in [-0.1, -0.05) is 0 Å². The summed E-state index contributed by atoms with van der Waals surface area (Å²) in [7, 11) is 0. The minimum absolute atomic E-state index is 0.0481. The van der Waals surface area contributed by atoms with Crippen molar-refractivity contribution in [1.82, 2.24) is 19.8 Å². The van der Waals surface area contributed by atoms with E-state index >= 15 is 0 Å². The van der Waals surface area contributed by atoms with Gasteiger partial charge in [0.05, 0.1) is 5.52 Å². The van der Waals surface area contributed by atoms with Crippen LogP contribution in [-0.2, 0) is 4.79 Å². The van der Waals surface area contributed by atoms with Crippen LogP contribution in [0.1, 0.15) is 19.3 Å². The topological polar surface area (TPSA) is 126 Å². The molecule has 0 unspecified atom stereocenters. The quantitative estimate of drug-likeness (QED) is 0.542. The molecule has 10 heteroatoms. The molecule has 0 atom stereocenters. The van der Waals surface area contributed by atoms with Gasteiger partial charge in [0.1, 0.15) is 17.3 Å². The average molecular weight is 437 g/mol. The van der Waals surface area contributed by atoms with Crippen molar-refractivity contribution in [3.05, 3.63) is 48.8 Å². The van der Waals surface area contributed by atoms with Gasteiger partial charge in [-0.05, 0) is 43.2 Å². The summed E-state index contributed by atoms with van der Waals surface area (Å²) in [5.41, 5.74) is 0.557. The molecule has 1 saturated heterocycles. The molecule has 3 amide bonds. The van der Waals surface area contributed by atoms with E-state index in [1.807, 2.05) is 4.90 Å². The van der Waals surface area contributed by atoms with Crippen molar-refractivity contribution in [2.75, 3.05) is 25.0 Å². The van der Waals surface area contributed by atoms with Crippen molar-refractivity contribution in [3.63, 3.8) is 0 Å². The Morgan fingerprint density at radius 3 is 2.62 bits per heavy atom. The molecule has 166 valence electrons. The summed E-state index contributed by atoms with van der Waals surface area (Å²) in [4.78, 5) is 41.2. The van der Waals surface area contributed by atoms with Crippen LogP contribution in [0.25, 0.3) is 10.9 Å². The molecular weight excluding hydrogens is 414 g/mol. The predicted molar refractivity (Wildman–Crippen MR) is 117 cm³/mol. The van der Waals surface area contributed by atoms with Gasteiger partial charge < -0.3 is 20.1 Å². The van der Waals surface area contributed by atoms with Crippen molar-refractivity contribution in [3.8, 4) is 11.5 Å². The Balaban J connectivity index is 1.32. The first-order chi connectivity index (χ1) is 15.5. The Hall–Kier alpha value is -4.08. The number of rotatable bonds is 6. The monoisotopic (exact) mass is 437 g/mol. The van der Waals surface area contributed by atoms with Crippen LogP contribution in [-0.4, -0.2) is 57.2 Å². The molecular formula is C22H23N5O5. The van der Waals surface area contributed by atoms with Crippen LogP contribution < -0.4 is 15.4 Å². The van der Waals surface area contributed by atoms with Gasteiger partial charge in [-0.2, -0.15) is 0 Å². The Morgan fingerprint density at radius 2 is 1.84 bits per heavy atom. The Bertz CT molecular complexity index is 1150. The number of fused-ring (bicyclic) bond motifs is 1. The zero-order valence-electron chi connectivity index (χ0n) is 17.3. The van der Waals surface area contributed by atoms with Crippen molar-refractivity contribution in [2.45, 2.75) is 19.3 Å². The highest BCUT2D eigenvalue weighted by molar-refractivity contribution is 5.90. The van der Waals surface area contributed by atoms with Gasteiger partial charge in [0, 0.05) is 49.9 Å².